The van der Waals surface area contributed by atoms with Crippen molar-refractivity contribution >= 4 is 11.8 Å². The zero-order chi connectivity index (χ0) is 13.3. The predicted octanol–water partition coefficient (Wildman–Crippen LogP) is 1.59. The van der Waals surface area contributed by atoms with Crippen LogP contribution in [0, 0.1) is 23.1 Å². The van der Waals surface area contributed by atoms with E-state index in [9.17, 15) is 14.0 Å². The van der Waals surface area contributed by atoms with E-state index >= 15 is 0 Å². The highest BCUT2D eigenvalue weighted by molar-refractivity contribution is 6.03. The van der Waals surface area contributed by atoms with Crippen molar-refractivity contribution in [1.82, 2.24) is 4.90 Å². The van der Waals surface area contributed by atoms with Gasteiger partial charge in [0.05, 0.1) is 12.1 Å². The van der Waals surface area contributed by atoms with Gasteiger partial charge in [0.2, 0.25) is 11.8 Å². The van der Waals surface area contributed by atoms with E-state index in [-0.39, 0.29) is 36.3 Å². The van der Waals surface area contributed by atoms with Crippen molar-refractivity contribution in [3.8, 4) is 6.07 Å². The summed E-state index contributed by atoms with van der Waals surface area (Å²) in [5.41, 5.74) is 0.489. The Hall–Kier alpha value is -2.22. The van der Waals surface area contributed by atoms with Crippen LogP contribution in [0.3, 0.4) is 0 Å². The second-order valence-corrected chi connectivity index (χ2v) is 4.35. The Kier molecular flexibility index (Phi) is 3.11. The number of imide groups is 1. The minimum absolute atomic E-state index is 0.0837. The monoisotopic (exact) mass is 246 g/mol. The van der Waals surface area contributed by atoms with Gasteiger partial charge in [-0.25, -0.2) is 4.39 Å². The molecule has 0 aromatic heterocycles. The summed E-state index contributed by atoms with van der Waals surface area (Å²) in [6.07, 6.45) is 0.213. The minimum atomic E-state index is -0.603. The van der Waals surface area contributed by atoms with Crippen LogP contribution in [-0.4, -0.2) is 16.7 Å². The van der Waals surface area contributed by atoms with Crippen LogP contribution in [0.25, 0.3) is 0 Å². The summed E-state index contributed by atoms with van der Waals surface area (Å²) in [5, 5.41) is 8.71. The van der Waals surface area contributed by atoms with Crippen LogP contribution in [0.2, 0.25) is 0 Å². The molecular weight excluding hydrogens is 235 g/mol. The average Bonchev–Trinajstić information content (AvgIpc) is 2.58. The summed E-state index contributed by atoms with van der Waals surface area (Å²) in [7, 11) is 0. The van der Waals surface area contributed by atoms with Gasteiger partial charge in [0.15, 0.2) is 0 Å². The number of rotatable bonds is 2. The number of carbonyl (C=O) groups is 2. The second-order valence-electron chi connectivity index (χ2n) is 4.35. The second kappa shape index (κ2) is 4.57. The number of likely N-dealkylation sites (tertiary alicyclic amines) is 1. The lowest BCUT2D eigenvalue weighted by Crippen LogP contribution is -2.29. The summed E-state index contributed by atoms with van der Waals surface area (Å²) >= 11 is 0. The Morgan fingerprint density at radius 2 is 2.22 bits per heavy atom. The van der Waals surface area contributed by atoms with Crippen molar-refractivity contribution in [2.75, 3.05) is 0 Å². The standard InChI is InChI=1S/C13H11FN2O2/c1-8-4-12(17)16(13(8)18)7-9-2-3-11(14)10(5-9)6-15/h2-3,5,8H,4,7H2,1H3. The van der Waals surface area contributed by atoms with E-state index in [2.05, 4.69) is 0 Å². The molecular formula is C13H11FN2O2. The molecule has 1 aromatic rings. The molecule has 1 aliphatic heterocycles. The van der Waals surface area contributed by atoms with Crippen LogP contribution in [0.1, 0.15) is 24.5 Å². The van der Waals surface area contributed by atoms with Crippen molar-refractivity contribution in [3.05, 3.63) is 35.1 Å². The first kappa shape index (κ1) is 12.2. The lowest BCUT2D eigenvalue weighted by Gasteiger charge is -2.14. The average molecular weight is 246 g/mol. The third kappa shape index (κ3) is 2.09. The molecule has 1 fully saturated rings. The highest BCUT2D eigenvalue weighted by atomic mass is 19.1. The number of nitriles is 1. The quantitative estimate of drug-likeness (QED) is 0.744. The van der Waals surface area contributed by atoms with Gasteiger partial charge in [0.25, 0.3) is 0 Å². The number of hydrogen-bond donors (Lipinski definition) is 0. The third-order valence-corrected chi connectivity index (χ3v) is 2.96. The van der Waals surface area contributed by atoms with Crippen LogP contribution >= 0.6 is 0 Å². The molecule has 0 radical (unpaired) electrons. The van der Waals surface area contributed by atoms with Gasteiger partial charge in [0.1, 0.15) is 11.9 Å². The molecule has 0 aliphatic carbocycles. The highest BCUT2D eigenvalue weighted by Crippen LogP contribution is 2.21. The number of carbonyl (C=O) groups excluding carboxylic acids is 2. The molecule has 1 atom stereocenters. The van der Waals surface area contributed by atoms with Crippen molar-refractivity contribution < 1.29 is 14.0 Å². The zero-order valence-corrected chi connectivity index (χ0v) is 9.81. The molecule has 5 heteroatoms. The van der Waals surface area contributed by atoms with Crippen LogP contribution in [0.15, 0.2) is 18.2 Å². The maximum atomic E-state index is 13.1. The summed E-state index contributed by atoms with van der Waals surface area (Å²) in [5.74, 6) is -1.35. The molecule has 1 saturated heterocycles. The lowest BCUT2D eigenvalue weighted by molar-refractivity contribution is -0.139. The van der Waals surface area contributed by atoms with Gasteiger partial charge in [-0.05, 0) is 17.7 Å². The SMILES string of the molecule is CC1CC(=O)N(Cc2ccc(F)c(C#N)c2)C1=O. The maximum absolute atomic E-state index is 13.1. The maximum Gasteiger partial charge on any atom is 0.232 e. The summed E-state index contributed by atoms with van der Waals surface area (Å²) in [6.45, 7) is 1.79. The molecule has 1 aliphatic rings. The Bertz CT molecular complexity index is 563. The van der Waals surface area contributed by atoms with E-state index in [0.29, 0.717) is 5.56 Å². The Balaban J connectivity index is 2.23. The summed E-state index contributed by atoms with van der Waals surface area (Å²) in [4.78, 5) is 24.4. The van der Waals surface area contributed by atoms with Gasteiger partial charge in [-0.3, -0.25) is 14.5 Å². The number of benzene rings is 1. The molecule has 2 amide bonds. The molecule has 92 valence electrons. The van der Waals surface area contributed by atoms with Crippen molar-refractivity contribution in [2.24, 2.45) is 5.92 Å². The number of amides is 2. The normalized spacial score (nSPS) is 19.2. The smallest absolute Gasteiger partial charge is 0.232 e. The largest absolute Gasteiger partial charge is 0.278 e. The molecule has 1 aromatic carbocycles. The molecule has 0 N–H and O–H groups in total. The van der Waals surface area contributed by atoms with Crippen LogP contribution in [0.4, 0.5) is 4.39 Å². The van der Waals surface area contributed by atoms with Crippen molar-refractivity contribution in [3.63, 3.8) is 0 Å². The molecule has 2 rings (SSSR count). The van der Waals surface area contributed by atoms with Crippen molar-refractivity contribution in [2.45, 2.75) is 19.9 Å². The summed E-state index contributed by atoms with van der Waals surface area (Å²) < 4.78 is 13.1. The van der Waals surface area contributed by atoms with E-state index in [1.807, 2.05) is 0 Å². The highest BCUT2D eigenvalue weighted by Gasteiger charge is 2.35. The van der Waals surface area contributed by atoms with Crippen LogP contribution < -0.4 is 0 Å². The molecule has 1 heterocycles. The summed E-state index contributed by atoms with van der Waals surface area (Å²) in [6, 6.07) is 5.73. The molecule has 4 nitrogen and oxygen atoms in total. The number of halogens is 1. The molecule has 0 bridgehead atoms. The Labute approximate surface area is 104 Å². The van der Waals surface area contributed by atoms with E-state index in [4.69, 9.17) is 5.26 Å². The number of hydrogen-bond acceptors (Lipinski definition) is 3. The Morgan fingerprint density at radius 1 is 1.50 bits per heavy atom. The molecule has 18 heavy (non-hydrogen) atoms. The first-order valence-electron chi connectivity index (χ1n) is 5.55. The van der Waals surface area contributed by atoms with Crippen molar-refractivity contribution in [1.29, 1.82) is 5.26 Å². The fourth-order valence-electron chi connectivity index (χ4n) is 1.95. The van der Waals surface area contributed by atoms with Gasteiger partial charge in [-0.2, -0.15) is 5.26 Å². The molecule has 0 spiro atoms. The van der Waals surface area contributed by atoms with E-state index < -0.39 is 5.82 Å². The first-order chi connectivity index (χ1) is 8.52. The lowest BCUT2D eigenvalue weighted by atomic mass is 10.1. The fourth-order valence-corrected chi connectivity index (χ4v) is 1.95. The Morgan fingerprint density at radius 3 is 2.78 bits per heavy atom. The van der Waals surface area contributed by atoms with Gasteiger partial charge in [-0.1, -0.05) is 13.0 Å². The topological polar surface area (TPSA) is 61.2 Å². The van der Waals surface area contributed by atoms with Crippen LogP contribution in [-0.2, 0) is 16.1 Å². The fraction of sp³-hybridized carbons (Fsp3) is 0.308. The predicted molar refractivity (Wildman–Crippen MR) is 60.5 cm³/mol. The first-order valence-corrected chi connectivity index (χ1v) is 5.55. The van der Waals surface area contributed by atoms with Gasteiger partial charge in [-0.15, -0.1) is 0 Å². The van der Waals surface area contributed by atoms with E-state index in [0.717, 1.165) is 4.90 Å². The molecule has 1 unspecified atom stereocenters. The van der Waals surface area contributed by atoms with Gasteiger partial charge >= 0.3 is 0 Å². The van der Waals surface area contributed by atoms with E-state index in [1.54, 1.807) is 13.0 Å². The minimum Gasteiger partial charge on any atom is -0.278 e. The number of nitrogens with zero attached hydrogens (tertiary/aromatic N) is 2. The van der Waals surface area contributed by atoms with Gasteiger partial charge in [0, 0.05) is 12.3 Å². The zero-order valence-electron chi connectivity index (χ0n) is 9.81. The van der Waals surface area contributed by atoms with Gasteiger partial charge < -0.3 is 0 Å². The molecule has 0 saturated carbocycles. The third-order valence-electron chi connectivity index (χ3n) is 2.96. The van der Waals surface area contributed by atoms with E-state index in [1.165, 1.54) is 18.2 Å². The van der Waals surface area contributed by atoms with Crippen LogP contribution in [0.5, 0.6) is 0 Å².